The van der Waals surface area contributed by atoms with E-state index in [0.29, 0.717) is 74.7 Å². The zero-order valence-electron chi connectivity index (χ0n) is 59.5. The topological polar surface area (TPSA) is 558 Å². The van der Waals surface area contributed by atoms with E-state index < -0.39 is 150 Å². The minimum absolute atomic E-state index is 0.00369. The maximum atomic E-state index is 15.2. The summed E-state index contributed by atoms with van der Waals surface area (Å²) in [6, 6.07) is 10.3. The smallest absolute Gasteiger partial charge is 0.326 e. The van der Waals surface area contributed by atoms with E-state index in [1.807, 2.05) is 0 Å². The first-order chi connectivity index (χ1) is 50.3. The van der Waals surface area contributed by atoms with Crippen molar-refractivity contribution in [3.05, 3.63) is 108 Å². The Morgan fingerprint density at radius 2 is 0.886 bits per heavy atom. The van der Waals surface area contributed by atoms with Gasteiger partial charge in [0.15, 0.2) is 11.9 Å². The van der Waals surface area contributed by atoms with Gasteiger partial charge in [-0.1, -0.05) is 97.4 Å². The van der Waals surface area contributed by atoms with Crippen molar-refractivity contribution in [2.24, 2.45) is 50.1 Å². The van der Waals surface area contributed by atoms with Crippen LogP contribution in [0.25, 0.3) is 0 Å². The van der Waals surface area contributed by atoms with Gasteiger partial charge in [0.1, 0.15) is 60.4 Å². The molecule has 3 aliphatic rings. The number of likely N-dealkylation sites (tertiary alicyclic amines) is 3. The van der Waals surface area contributed by atoms with Crippen LogP contribution in [0, 0.1) is 0 Å². The highest BCUT2D eigenvalue weighted by atomic mass is 16.4. The molecule has 6 rings (SSSR count). The van der Waals surface area contributed by atoms with Crippen LogP contribution in [-0.4, -0.2) is 233 Å². The van der Waals surface area contributed by atoms with Crippen LogP contribution in [0.3, 0.4) is 0 Å². The van der Waals surface area contributed by atoms with Crippen molar-refractivity contribution in [2.75, 3.05) is 52.4 Å². The Bertz CT molecular complexity index is 3460. The summed E-state index contributed by atoms with van der Waals surface area (Å²) in [4.78, 5) is 183. The number of hydrogen-bond donors (Lipinski definition) is 17. The average Bonchev–Trinajstić information content (AvgIpc) is 1.63. The van der Waals surface area contributed by atoms with Crippen LogP contribution in [0.5, 0.6) is 0 Å². The lowest BCUT2D eigenvalue weighted by atomic mass is 10.0. The van der Waals surface area contributed by atoms with Crippen molar-refractivity contribution >= 4 is 82.9 Å². The zero-order valence-corrected chi connectivity index (χ0v) is 59.5. The number of aliphatic carboxylic acids is 1. The SMILES string of the molecule is CC(=O)NC1CC(C(=O)N2CCCC2C(=O)NC(Cc2ccccc2)C(=O)NC(CO)C(=O)NC(Cc2ccccc2)C(=O)NC(Cc2ccccc2)C(=O)NC(CCCN=C(N)N)C(=O)O)N(C(=O)C2CCCN2C(=O)C(CCCN=C(N)N)NC(=O)C(CCCCN)NC(=O)C(N)CCCCN)C1. The number of amides is 11. The Morgan fingerprint density at radius 3 is 1.37 bits per heavy atom. The maximum Gasteiger partial charge on any atom is 0.326 e. The van der Waals surface area contributed by atoms with Crippen LogP contribution in [0.1, 0.15) is 120 Å². The van der Waals surface area contributed by atoms with E-state index in [1.54, 1.807) is 91.0 Å². The summed E-state index contributed by atoms with van der Waals surface area (Å²) >= 11 is 0. The summed E-state index contributed by atoms with van der Waals surface area (Å²) < 4.78 is 0. The standard InChI is InChI=1S/C71H106N20O14/c1-43(93)81-47-40-58(91(41-47)67(102)57-30-18-36-90(57)66(101)50(27-15-33-79-70(75)76)83-60(95)49(26-12-14-32-73)82-59(94)48(74)25-11-13-31-72)68(103)89-35-17-29-56(89)65(100)87-54(39-46-23-9-4-10-24-46)63(98)88-55(42-92)64(99)86-53(38-45-21-7-3-8-22-45)62(97)85-52(37-44-19-5-2-6-20-44)61(96)84-51(69(104)105)28-16-34-80-71(77)78/h2-10,19-24,47-58,92H,11-18,25-42,72-74H2,1H3,(H,81,93)(H,82,94)(H,83,95)(H,84,96)(H,85,97)(H,86,99)(H,87,100)(H,88,98)(H,104,105)(H4,75,76,79)(H4,77,78,80). The number of nitrogens with two attached hydrogens (primary N) is 7. The molecular weight excluding hydrogens is 1360 g/mol. The Labute approximate surface area is 610 Å². The number of nitrogens with one attached hydrogen (secondary N) is 8. The second-order valence-electron chi connectivity index (χ2n) is 26.6. The molecule has 12 unspecified atom stereocenters. The van der Waals surface area contributed by atoms with Crippen LogP contribution in [0.15, 0.2) is 101 Å². The van der Waals surface area contributed by atoms with Crippen LogP contribution >= 0.6 is 0 Å². The fourth-order valence-electron chi connectivity index (χ4n) is 13.1. The number of carbonyl (C=O) groups excluding carboxylic acids is 11. The summed E-state index contributed by atoms with van der Waals surface area (Å²) in [5.41, 5.74) is 41.4. The minimum atomic E-state index is -1.76. The molecule has 34 heteroatoms. The molecule has 0 spiro atoms. The van der Waals surface area contributed by atoms with Crippen molar-refractivity contribution in [1.29, 1.82) is 0 Å². The van der Waals surface area contributed by atoms with Gasteiger partial charge < -0.3 is 108 Å². The highest BCUT2D eigenvalue weighted by molar-refractivity contribution is 6.00. The molecule has 12 atom stereocenters. The van der Waals surface area contributed by atoms with Gasteiger partial charge in [-0.2, -0.15) is 0 Å². The second kappa shape index (κ2) is 43.1. The van der Waals surface area contributed by atoms with Gasteiger partial charge in [-0.25, -0.2) is 4.79 Å². The number of aliphatic hydroxyl groups excluding tert-OH is 1. The first-order valence-electron chi connectivity index (χ1n) is 35.9. The summed E-state index contributed by atoms with van der Waals surface area (Å²) in [5.74, 6) is -9.88. The number of carboxylic acids is 1. The average molecular weight is 1460 g/mol. The van der Waals surface area contributed by atoms with Crippen molar-refractivity contribution < 1.29 is 67.7 Å². The molecule has 0 radical (unpaired) electrons. The van der Waals surface area contributed by atoms with Crippen molar-refractivity contribution in [3.63, 3.8) is 0 Å². The summed E-state index contributed by atoms with van der Waals surface area (Å²) in [6.45, 7) is 1.11. The maximum absolute atomic E-state index is 15.2. The van der Waals surface area contributed by atoms with Crippen LogP contribution in [0.4, 0.5) is 0 Å². The molecule has 3 saturated heterocycles. The van der Waals surface area contributed by atoms with Crippen LogP contribution in [0.2, 0.25) is 0 Å². The highest BCUT2D eigenvalue weighted by Crippen LogP contribution is 2.30. The van der Waals surface area contributed by atoms with E-state index in [2.05, 4.69) is 52.5 Å². The van der Waals surface area contributed by atoms with E-state index in [0.717, 1.165) is 0 Å². The van der Waals surface area contributed by atoms with Gasteiger partial charge >= 0.3 is 5.97 Å². The lowest BCUT2D eigenvalue weighted by molar-refractivity contribution is -0.151. The van der Waals surface area contributed by atoms with Gasteiger partial charge in [0.2, 0.25) is 65.0 Å². The van der Waals surface area contributed by atoms with E-state index in [9.17, 15) is 58.2 Å². The molecule has 34 nitrogen and oxygen atoms in total. The van der Waals surface area contributed by atoms with Crippen LogP contribution in [-0.2, 0) is 76.8 Å². The highest BCUT2D eigenvalue weighted by Gasteiger charge is 2.49. The van der Waals surface area contributed by atoms with Gasteiger partial charge in [0.25, 0.3) is 0 Å². The summed E-state index contributed by atoms with van der Waals surface area (Å²) in [6.07, 6.45) is 3.38. The zero-order chi connectivity index (χ0) is 76.5. The third-order valence-electron chi connectivity index (χ3n) is 18.5. The van der Waals surface area contributed by atoms with Gasteiger partial charge in [-0.15, -0.1) is 0 Å². The second-order valence-corrected chi connectivity index (χ2v) is 26.6. The number of aliphatic hydroxyl groups is 1. The molecule has 3 fully saturated rings. The molecular formula is C71H106N20O14. The van der Waals surface area contributed by atoms with E-state index in [4.69, 9.17) is 40.1 Å². The third-order valence-corrected chi connectivity index (χ3v) is 18.5. The largest absolute Gasteiger partial charge is 0.480 e. The fraction of sp³-hybridized carbons (Fsp3) is 0.549. The molecule has 3 aromatic rings. The normalized spacial score (nSPS) is 18.4. The number of carbonyl (C=O) groups is 12. The van der Waals surface area contributed by atoms with Gasteiger partial charge in [0, 0.05) is 65.0 Å². The lowest BCUT2D eigenvalue weighted by Gasteiger charge is -2.35. The van der Waals surface area contributed by atoms with Crippen molar-refractivity contribution in [3.8, 4) is 0 Å². The fourth-order valence-corrected chi connectivity index (χ4v) is 13.1. The summed E-state index contributed by atoms with van der Waals surface area (Å²) in [7, 11) is 0. The molecule has 24 N–H and O–H groups in total. The Hall–Kier alpha value is -10.3. The number of nitrogens with zero attached hydrogens (tertiary/aromatic N) is 5. The third kappa shape index (κ3) is 26.7. The van der Waals surface area contributed by atoms with Gasteiger partial charge in [-0.3, -0.25) is 62.7 Å². The quantitative estimate of drug-likeness (QED) is 0.0146. The van der Waals surface area contributed by atoms with Crippen LogP contribution < -0.4 is 82.7 Å². The number of guanidine groups is 2. The first-order valence-corrected chi connectivity index (χ1v) is 35.9. The predicted octanol–water partition coefficient (Wildman–Crippen LogP) is -4.03. The number of benzene rings is 3. The molecule has 0 aromatic heterocycles. The predicted molar refractivity (Wildman–Crippen MR) is 389 cm³/mol. The Balaban J connectivity index is 1.21. The molecule has 3 heterocycles. The molecule has 574 valence electrons. The monoisotopic (exact) mass is 1460 g/mol. The molecule has 0 saturated carbocycles. The van der Waals surface area contributed by atoms with E-state index in [-0.39, 0.29) is 115 Å². The van der Waals surface area contributed by atoms with Gasteiger partial charge in [-0.05, 0) is 120 Å². The molecule has 11 amide bonds. The van der Waals surface area contributed by atoms with Gasteiger partial charge in [0.05, 0.1) is 12.6 Å². The molecule has 3 aliphatic heterocycles. The van der Waals surface area contributed by atoms with E-state index in [1.165, 1.54) is 21.6 Å². The lowest BCUT2D eigenvalue weighted by Crippen LogP contribution is -2.61. The minimum Gasteiger partial charge on any atom is -0.480 e. The van der Waals surface area contributed by atoms with E-state index >= 15 is 9.59 Å². The summed E-state index contributed by atoms with van der Waals surface area (Å²) in [5, 5.41) is 42.4. The number of aliphatic imine (C=N–C) groups is 2. The first kappa shape index (κ1) is 83.6. The number of hydrogen-bond acceptors (Lipinski definition) is 18. The number of rotatable bonds is 42. The molecule has 0 aliphatic carbocycles. The Morgan fingerprint density at radius 1 is 0.476 bits per heavy atom. The molecule has 3 aromatic carbocycles. The molecule has 105 heavy (non-hydrogen) atoms. The Kier molecular flexibility index (Phi) is 34.3. The number of unbranched alkanes of at least 4 members (excludes halogenated alkanes) is 2. The number of carboxylic acid groups (broad SMARTS) is 1. The molecule has 0 bridgehead atoms. The van der Waals surface area contributed by atoms with Crippen molar-refractivity contribution in [1.82, 2.24) is 57.2 Å². The van der Waals surface area contributed by atoms with Crippen molar-refractivity contribution in [2.45, 2.75) is 195 Å².